The summed E-state index contributed by atoms with van der Waals surface area (Å²) in [5, 5.41) is 0. The summed E-state index contributed by atoms with van der Waals surface area (Å²) in [5.41, 5.74) is 2.67. The number of hydrogen-bond acceptors (Lipinski definition) is 3. The molecule has 2 aliphatic heterocycles. The van der Waals surface area contributed by atoms with Gasteiger partial charge in [-0.3, -0.25) is 9.69 Å². The molecule has 2 heterocycles. The van der Waals surface area contributed by atoms with Crippen molar-refractivity contribution >= 4 is 11.9 Å². The first-order valence-corrected chi connectivity index (χ1v) is 14.4. The molecular weight excluding hydrogens is 574 g/mol. The van der Waals surface area contributed by atoms with Crippen LogP contribution in [-0.2, 0) is 17.1 Å². The van der Waals surface area contributed by atoms with Crippen LogP contribution in [-0.4, -0.2) is 65.4 Å². The summed E-state index contributed by atoms with van der Waals surface area (Å²) in [6, 6.07) is 8.54. The maximum atomic E-state index is 13.8. The third kappa shape index (κ3) is 7.82. The van der Waals surface area contributed by atoms with E-state index in [1.807, 2.05) is 30.6 Å². The predicted octanol–water partition coefficient (Wildman–Crippen LogP) is 6.55. The summed E-state index contributed by atoms with van der Waals surface area (Å²) in [7, 11) is 0. The van der Waals surface area contributed by atoms with Crippen molar-refractivity contribution in [3.63, 3.8) is 0 Å². The molecule has 2 aromatic carbocycles. The molecule has 2 aliphatic rings. The van der Waals surface area contributed by atoms with Crippen molar-refractivity contribution < 1.29 is 35.9 Å². The number of rotatable bonds is 5. The molecule has 6 nitrogen and oxygen atoms in total. The number of carbonyl (C=O) groups excluding carboxylic acids is 2. The minimum Gasteiger partial charge on any atom is -0.351 e. The summed E-state index contributed by atoms with van der Waals surface area (Å²) in [6.45, 7) is 7.67. The Bertz CT molecular complexity index is 1250. The van der Waals surface area contributed by atoms with Crippen LogP contribution in [0.2, 0.25) is 0 Å². The van der Waals surface area contributed by atoms with E-state index in [1.165, 1.54) is 0 Å². The van der Waals surface area contributed by atoms with Crippen LogP contribution >= 0.6 is 0 Å². The molecule has 0 unspecified atom stereocenters. The number of amides is 3. The molecule has 43 heavy (non-hydrogen) atoms. The van der Waals surface area contributed by atoms with Crippen molar-refractivity contribution in [3.8, 4) is 0 Å². The van der Waals surface area contributed by atoms with Gasteiger partial charge < -0.3 is 15.5 Å². The second-order valence-corrected chi connectivity index (χ2v) is 12.6. The van der Waals surface area contributed by atoms with Crippen molar-refractivity contribution in [2.24, 2.45) is 17.1 Å². The van der Waals surface area contributed by atoms with E-state index in [-0.39, 0.29) is 49.1 Å². The van der Waals surface area contributed by atoms with E-state index < -0.39 is 41.0 Å². The minimum atomic E-state index is -4.97. The molecule has 2 N–H and O–H groups in total. The lowest BCUT2D eigenvalue weighted by atomic mass is 9.82. The van der Waals surface area contributed by atoms with Crippen LogP contribution in [0.3, 0.4) is 0 Å². The zero-order chi connectivity index (χ0) is 31.7. The zero-order valence-electron chi connectivity index (χ0n) is 24.5. The highest BCUT2D eigenvalue weighted by Gasteiger charge is 2.42. The highest BCUT2D eigenvalue weighted by atomic mass is 19.4. The van der Waals surface area contributed by atoms with E-state index in [2.05, 4.69) is 0 Å². The number of carbonyl (C=O) groups is 2. The second-order valence-electron chi connectivity index (χ2n) is 12.6. The van der Waals surface area contributed by atoms with Gasteiger partial charge in [-0.2, -0.15) is 26.3 Å². The number of benzene rings is 2. The van der Waals surface area contributed by atoms with Crippen LogP contribution in [0.1, 0.15) is 68.3 Å². The molecule has 2 aromatic rings. The number of urea groups is 1. The first-order chi connectivity index (χ1) is 19.9. The van der Waals surface area contributed by atoms with Gasteiger partial charge in [-0.05, 0) is 53.5 Å². The van der Waals surface area contributed by atoms with E-state index in [9.17, 15) is 35.9 Å². The minimum absolute atomic E-state index is 0.0493. The van der Waals surface area contributed by atoms with Crippen LogP contribution in [0.15, 0.2) is 48.5 Å². The number of primary amides is 1. The summed E-state index contributed by atoms with van der Waals surface area (Å²) < 4.78 is 82.8. The SMILES string of the molecule is CC(C)(C)[C@H]1CN([C@H](c2ccccc2)c2cc(C(F)(F)F)cc(C(F)(F)F)c2)CCN1C(=O)CC1CCN(C(N)=O)CC1. The molecular formula is C31H38F6N4O2. The average molecular weight is 613 g/mol. The van der Waals surface area contributed by atoms with Crippen molar-refractivity contribution in [1.29, 1.82) is 0 Å². The molecule has 0 aliphatic carbocycles. The van der Waals surface area contributed by atoms with Crippen molar-refractivity contribution in [2.75, 3.05) is 32.7 Å². The Morgan fingerprint density at radius 1 is 0.837 bits per heavy atom. The molecule has 0 radical (unpaired) electrons. The van der Waals surface area contributed by atoms with E-state index in [4.69, 9.17) is 5.73 Å². The quantitative estimate of drug-likeness (QED) is 0.390. The van der Waals surface area contributed by atoms with Gasteiger partial charge in [0.05, 0.1) is 17.2 Å². The molecule has 0 saturated carbocycles. The number of piperazine rings is 1. The van der Waals surface area contributed by atoms with Gasteiger partial charge in [-0.1, -0.05) is 51.1 Å². The largest absolute Gasteiger partial charge is 0.416 e. The highest BCUT2D eigenvalue weighted by molar-refractivity contribution is 5.77. The number of likely N-dealkylation sites (tertiary alicyclic amines) is 1. The lowest BCUT2D eigenvalue weighted by molar-refractivity contribution is -0.144. The molecule has 2 fully saturated rings. The van der Waals surface area contributed by atoms with E-state index in [0.717, 1.165) is 12.1 Å². The number of piperidine rings is 1. The molecule has 2 atom stereocenters. The Morgan fingerprint density at radius 2 is 1.40 bits per heavy atom. The van der Waals surface area contributed by atoms with Crippen molar-refractivity contribution in [3.05, 3.63) is 70.8 Å². The zero-order valence-corrected chi connectivity index (χ0v) is 24.5. The fourth-order valence-corrected chi connectivity index (χ4v) is 6.19. The maximum absolute atomic E-state index is 13.8. The number of alkyl halides is 6. The lowest BCUT2D eigenvalue weighted by Gasteiger charge is -2.50. The smallest absolute Gasteiger partial charge is 0.351 e. The van der Waals surface area contributed by atoms with Crippen LogP contribution in [0, 0.1) is 11.3 Å². The fourth-order valence-electron chi connectivity index (χ4n) is 6.19. The molecule has 4 rings (SSSR count). The molecule has 3 amide bonds. The predicted molar refractivity (Wildman–Crippen MR) is 150 cm³/mol. The van der Waals surface area contributed by atoms with Gasteiger partial charge in [0.15, 0.2) is 0 Å². The summed E-state index contributed by atoms with van der Waals surface area (Å²) in [4.78, 5) is 30.3. The molecule has 236 valence electrons. The third-order valence-corrected chi connectivity index (χ3v) is 8.53. The monoisotopic (exact) mass is 612 g/mol. The lowest BCUT2D eigenvalue weighted by Crippen LogP contribution is -2.60. The van der Waals surface area contributed by atoms with Gasteiger partial charge >= 0.3 is 18.4 Å². The summed E-state index contributed by atoms with van der Waals surface area (Å²) >= 11 is 0. The molecule has 0 spiro atoms. The van der Waals surface area contributed by atoms with Crippen LogP contribution in [0.4, 0.5) is 31.1 Å². The van der Waals surface area contributed by atoms with Crippen molar-refractivity contribution in [1.82, 2.24) is 14.7 Å². The Balaban J connectivity index is 1.65. The van der Waals surface area contributed by atoms with Crippen LogP contribution < -0.4 is 5.73 Å². The maximum Gasteiger partial charge on any atom is 0.416 e. The van der Waals surface area contributed by atoms with Gasteiger partial charge in [0.25, 0.3) is 0 Å². The van der Waals surface area contributed by atoms with Crippen molar-refractivity contribution in [2.45, 2.75) is 64.5 Å². The second kappa shape index (κ2) is 12.4. The van der Waals surface area contributed by atoms with E-state index in [0.29, 0.717) is 37.9 Å². The number of hydrogen-bond donors (Lipinski definition) is 1. The first-order valence-electron chi connectivity index (χ1n) is 14.4. The standard InChI is InChI=1S/C31H38F6N4O2/c1-29(2,3)25-19-40(13-14-41(25)26(42)15-20-9-11-39(12-10-20)28(38)43)27(21-7-5-4-6-8-21)22-16-23(30(32,33)34)18-24(17-22)31(35,36)37/h4-8,16-18,20,25,27H,9-15,19H2,1-3H3,(H2,38,43)/t25-,27-/m1/s1. The Kier molecular flexibility index (Phi) is 9.39. The third-order valence-electron chi connectivity index (χ3n) is 8.53. The highest BCUT2D eigenvalue weighted by Crippen LogP contribution is 2.41. The topological polar surface area (TPSA) is 69.9 Å². The van der Waals surface area contributed by atoms with Gasteiger partial charge in [-0.15, -0.1) is 0 Å². The first kappa shape index (κ1) is 32.6. The van der Waals surface area contributed by atoms with Gasteiger partial charge in [0.2, 0.25) is 5.91 Å². The summed E-state index contributed by atoms with van der Waals surface area (Å²) in [6.07, 6.45) is -8.33. The molecule has 0 aromatic heterocycles. The number of nitrogens with two attached hydrogens (primary N) is 1. The van der Waals surface area contributed by atoms with Crippen LogP contribution in [0.5, 0.6) is 0 Å². The van der Waals surface area contributed by atoms with Gasteiger partial charge in [-0.25, -0.2) is 4.79 Å². The number of nitrogens with zero attached hydrogens (tertiary/aromatic N) is 3. The fraction of sp³-hybridized carbons (Fsp3) is 0.548. The molecule has 0 bridgehead atoms. The Morgan fingerprint density at radius 3 is 1.88 bits per heavy atom. The summed E-state index contributed by atoms with van der Waals surface area (Å²) in [5.74, 6) is 0.0384. The molecule has 2 saturated heterocycles. The normalized spacial score (nSPS) is 20.3. The van der Waals surface area contributed by atoms with E-state index >= 15 is 0 Å². The van der Waals surface area contributed by atoms with Gasteiger partial charge in [0, 0.05) is 45.2 Å². The Hall–Kier alpha value is -3.28. The average Bonchev–Trinajstić information content (AvgIpc) is 2.92. The van der Waals surface area contributed by atoms with E-state index in [1.54, 1.807) is 35.2 Å². The Labute approximate surface area is 247 Å². The van der Waals surface area contributed by atoms with Gasteiger partial charge in [0.1, 0.15) is 0 Å². The van der Waals surface area contributed by atoms with Crippen LogP contribution in [0.25, 0.3) is 0 Å². The molecule has 12 heteroatoms. The number of halogens is 6.